The molecule has 140 valence electrons. The van der Waals surface area contributed by atoms with Crippen LogP contribution in [0.5, 0.6) is 0 Å². The summed E-state index contributed by atoms with van der Waals surface area (Å²) in [7, 11) is 0. The standard InChI is InChI=1S/C22H24N2O3/c1-5-14(3)19(20(25)23-18-11-10-13(2)12-15(18)4)24-21(26)16-8-6-7-9-17(16)22(24)27/h6-12,14,19H,5H2,1-4H3,(H,23,25)/t14-,19-/m0/s1. The van der Waals surface area contributed by atoms with Crippen LogP contribution in [0.15, 0.2) is 42.5 Å². The van der Waals surface area contributed by atoms with Crippen LogP contribution in [0.1, 0.15) is 52.1 Å². The number of nitrogens with zero attached hydrogens (tertiary/aromatic N) is 1. The molecule has 0 aliphatic carbocycles. The molecular weight excluding hydrogens is 340 g/mol. The van der Waals surface area contributed by atoms with E-state index in [2.05, 4.69) is 5.32 Å². The van der Waals surface area contributed by atoms with Gasteiger partial charge in [-0.05, 0) is 43.5 Å². The summed E-state index contributed by atoms with van der Waals surface area (Å²) in [5.74, 6) is -1.32. The van der Waals surface area contributed by atoms with Crippen molar-refractivity contribution in [2.45, 2.75) is 40.2 Å². The number of imide groups is 1. The number of amides is 3. The molecule has 0 bridgehead atoms. The Morgan fingerprint density at radius 3 is 2.15 bits per heavy atom. The van der Waals surface area contributed by atoms with Crippen molar-refractivity contribution in [1.82, 2.24) is 4.90 Å². The van der Waals surface area contributed by atoms with E-state index in [4.69, 9.17) is 0 Å². The van der Waals surface area contributed by atoms with E-state index in [1.165, 1.54) is 0 Å². The van der Waals surface area contributed by atoms with Crippen molar-refractivity contribution in [2.24, 2.45) is 5.92 Å². The first-order valence-corrected chi connectivity index (χ1v) is 9.20. The molecule has 0 radical (unpaired) electrons. The molecule has 5 heteroatoms. The molecule has 0 aromatic heterocycles. The zero-order valence-electron chi connectivity index (χ0n) is 16.1. The predicted octanol–water partition coefficient (Wildman–Crippen LogP) is 3.95. The minimum atomic E-state index is -0.858. The van der Waals surface area contributed by atoms with E-state index in [1.54, 1.807) is 24.3 Å². The molecule has 2 aromatic rings. The smallest absolute Gasteiger partial charge is 0.262 e. The van der Waals surface area contributed by atoms with Crippen LogP contribution in [0.2, 0.25) is 0 Å². The van der Waals surface area contributed by atoms with Crippen LogP contribution in [0.25, 0.3) is 0 Å². The van der Waals surface area contributed by atoms with Crippen LogP contribution in [0.4, 0.5) is 5.69 Å². The van der Waals surface area contributed by atoms with Gasteiger partial charge in [0.15, 0.2) is 0 Å². The van der Waals surface area contributed by atoms with Gasteiger partial charge in [0.25, 0.3) is 11.8 Å². The maximum Gasteiger partial charge on any atom is 0.262 e. The number of anilines is 1. The van der Waals surface area contributed by atoms with E-state index in [0.29, 0.717) is 23.2 Å². The zero-order valence-corrected chi connectivity index (χ0v) is 16.1. The number of rotatable bonds is 5. The van der Waals surface area contributed by atoms with Crippen LogP contribution in [-0.4, -0.2) is 28.7 Å². The highest BCUT2D eigenvalue weighted by Crippen LogP contribution is 2.29. The van der Waals surface area contributed by atoms with Gasteiger partial charge in [0, 0.05) is 5.69 Å². The number of nitrogens with one attached hydrogen (secondary N) is 1. The lowest BCUT2D eigenvalue weighted by Crippen LogP contribution is -2.50. The molecule has 5 nitrogen and oxygen atoms in total. The summed E-state index contributed by atoms with van der Waals surface area (Å²) in [6.45, 7) is 7.73. The fraction of sp³-hybridized carbons (Fsp3) is 0.318. The van der Waals surface area contributed by atoms with Gasteiger partial charge in [0.05, 0.1) is 11.1 Å². The summed E-state index contributed by atoms with van der Waals surface area (Å²) in [5, 5.41) is 2.91. The fourth-order valence-electron chi connectivity index (χ4n) is 3.47. The maximum absolute atomic E-state index is 13.1. The molecule has 2 atom stereocenters. The van der Waals surface area contributed by atoms with E-state index in [9.17, 15) is 14.4 Å². The van der Waals surface area contributed by atoms with Crippen LogP contribution in [-0.2, 0) is 4.79 Å². The second kappa shape index (κ2) is 7.35. The number of hydrogen-bond donors (Lipinski definition) is 1. The average Bonchev–Trinajstić information content (AvgIpc) is 2.89. The van der Waals surface area contributed by atoms with Gasteiger partial charge in [-0.25, -0.2) is 0 Å². The number of hydrogen-bond acceptors (Lipinski definition) is 3. The molecule has 1 N–H and O–H groups in total. The Kier molecular flexibility index (Phi) is 5.13. The van der Waals surface area contributed by atoms with Gasteiger partial charge in [-0.2, -0.15) is 0 Å². The van der Waals surface area contributed by atoms with Gasteiger partial charge < -0.3 is 5.32 Å². The highest BCUT2D eigenvalue weighted by molar-refractivity contribution is 6.23. The second-order valence-corrected chi connectivity index (χ2v) is 7.16. The van der Waals surface area contributed by atoms with Gasteiger partial charge in [0.2, 0.25) is 5.91 Å². The van der Waals surface area contributed by atoms with Crippen LogP contribution in [0, 0.1) is 19.8 Å². The van der Waals surface area contributed by atoms with Crippen molar-refractivity contribution in [3.63, 3.8) is 0 Å². The number of aryl methyl sites for hydroxylation is 2. The fourth-order valence-corrected chi connectivity index (χ4v) is 3.47. The van der Waals surface area contributed by atoms with Crippen molar-refractivity contribution in [2.75, 3.05) is 5.32 Å². The predicted molar refractivity (Wildman–Crippen MR) is 105 cm³/mol. The molecule has 1 aliphatic heterocycles. The zero-order chi connectivity index (χ0) is 19.7. The molecule has 0 saturated heterocycles. The molecule has 0 spiro atoms. The van der Waals surface area contributed by atoms with Gasteiger partial charge in [-0.15, -0.1) is 0 Å². The lowest BCUT2D eigenvalue weighted by molar-refractivity contribution is -0.121. The first-order valence-electron chi connectivity index (χ1n) is 9.20. The summed E-state index contributed by atoms with van der Waals surface area (Å²) in [6.07, 6.45) is 0.665. The molecule has 1 aliphatic rings. The van der Waals surface area contributed by atoms with E-state index in [-0.39, 0.29) is 11.8 Å². The minimum Gasteiger partial charge on any atom is -0.324 e. The third-order valence-corrected chi connectivity index (χ3v) is 5.20. The van der Waals surface area contributed by atoms with Gasteiger partial charge in [-0.1, -0.05) is 50.1 Å². The molecule has 1 heterocycles. The van der Waals surface area contributed by atoms with Gasteiger partial charge in [0.1, 0.15) is 6.04 Å². The second-order valence-electron chi connectivity index (χ2n) is 7.16. The Balaban J connectivity index is 1.94. The van der Waals surface area contributed by atoms with Gasteiger partial charge in [-0.3, -0.25) is 19.3 Å². The van der Waals surface area contributed by atoms with E-state index >= 15 is 0 Å². The monoisotopic (exact) mass is 364 g/mol. The molecule has 0 unspecified atom stereocenters. The Hall–Kier alpha value is -2.95. The number of benzene rings is 2. The van der Waals surface area contributed by atoms with Crippen molar-refractivity contribution in [3.05, 3.63) is 64.7 Å². The van der Waals surface area contributed by atoms with Crippen molar-refractivity contribution < 1.29 is 14.4 Å². The van der Waals surface area contributed by atoms with Crippen LogP contribution < -0.4 is 5.32 Å². The van der Waals surface area contributed by atoms with Crippen molar-refractivity contribution in [1.29, 1.82) is 0 Å². The highest BCUT2D eigenvalue weighted by Gasteiger charge is 2.44. The quantitative estimate of drug-likeness (QED) is 0.817. The Morgan fingerprint density at radius 2 is 1.63 bits per heavy atom. The third kappa shape index (κ3) is 3.37. The SMILES string of the molecule is CC[C@H](C)[C@@H](C(=O)Nc1ccc(C)cc1C)N1C(=O)c2ccccc2C1=O. The van der Waals surface area contributed by atoms with Crippen LogP contribution in [0.3, 0.4) is 0 Å². The van der Waals surface area contributed by atoms with E-state index in [0.717, 1.165) is 16.0 Å². The summed E-state index contributed by atoms with van der Waals surface area (Å²) in [6, 6.07) is 11.6. The summed E-state index contributed by atoms with van der Waals surface area (Å²) in [4.78, 5) is 40.0. The Labute approximate surface area is 159 Å². The number of carbonyl (C=O) groups is 3. The lowest BCUT2D eigenvalue weighted by Gasteiger charge is -2.30. The molecule has 3 amide bonds. The van der Waals surface area contributed by atoms with Gasteiger partial charge >= 0.3 is 0 Å². The highest BCUT2D eigenvalue weighted by atomic mass is 16.2. The third-order valence-electron chi connectivity index (χ3n) is 5.20. The minimum absolute atomic E-state index is 0.169. The van der Waals surface area contributed by atoms with E-state index in [1.807, 2.05) is 45.9 Å². The average molecular weight is 364 g/mol. The normalized spacial score (nSPS) is 15.5. The Bertz CT molecular complexity index is 885. The summed E-state index contributed by atoms with van der Waals surface area (Å²) >= 11 is 0. The Morgan fingerprint density at radius 1 is 1.04 bits per heavy atom. The molecule has 0 saturated carbocycles. The first kappa shape index (κ1) is 18.8. The lowest BCUT2D eigenvalue weighted by atomic mass is 9.96. The molecule has 2 aromatic carbocycles. The largest absolute Gasteiger partial charge is 0.324 e. The molecular formula is C22H24N2O3. The summed E-state index contributed by atoms with van der Waals surface area (Å²) in [5.41, 5.74) is 3.44. The van der Waals surface area contributed by atoms with E-state index < -0.39 is 17.9 Å². The first-order chi connectivity index (χ1) is 12.8. The van der Waals surface area contributed by atoms with Crippen LogP contribution >= 0.6 is 0 Å². The molecule has 0 fully saturated rings. The van der Waals surface area contributed by atoms with Crippen molar-refractivity contribution >= 4 is 23.4 Å². The molecule has 3 rings (SSSR count). The topological polar surface area (TPSA) is 66.5 Å². The summed E-state index contributed by atoms with van der Waals surface area (Å²) < 4.78 is 0. The maximum atomic E-state index is 13.1. The number of carbonyl (C=O) groups excluding carboxylic acids is 3. The molecule has 27 heavy (non-hydrogen) atoms. The van der Waals surface area contributed by atoms with Crippen molar-refractivity contribution in [3.8, 4) is 0 Å². The number of fused-ring (bicyclic) bond motifs is 1.